The van der Waals surface area contributed by atoms with Crippen LogP contribution in [-0.4, -0.2) is 58.7 Å². The average Bonchev–Trinajstić information content (AvgIpc) is 2.88. The van der Waals surface area contributed by atoms with Crippen LogP contribution in [-0.2, 0) is 11.2 Å². The SMILES string of the molecule is Cc1nn(-c2ccccc2)c(C)c1CCC(=O)N1CCN(C)CC1. The number of hydrogen-bond acceptors (Lipinski definition) is 3. The zero-order valence-corrected chi connectivity index (χ0v) is 14.8. The minimum atomic E-state index is 0.259. The number of carbonyl (C=O) groups is 1. The second-order valence-electron chi connectivity index (χ2n) is 6.58. The highest BCUT2D eigenvalue weighted by Crippen LogP contribution is 2.19. The lowest BCUT2D eigenvalue weighted by molar-refractivity contribution is -0.132. The van der Waals surface area contributed by atoms with E-state index >= 15 is 0 Å². The maximum absolute atomic E-state index is 12.5. The fourth-order valence-corrected chi connectivity index (χ4v) is 3.30. The molecule has 5 nitrogen and oxygen atoms in total. The van der Waals surface area contributed by atoms with Gasteiger partial charge in [0, 0.05) is 38.3 Å². The molecule has 0 atom stereocenters. The molecule has 0 radical (unpaired) electrons. The maximum Gasteiger partial charge on any atom is 0.222 e. The Morgan fingerprint density at radius 2 is 1.75 bits per heavy atom. The zero-order valence-electron chi connectivity index (χ0n) is 14.8. The van der Waals surface area contributed by atoms with Crippen LogP contribution in [0, 0.1) is 13.8 Å². The Hall–Kier alpha value is -2.14. The van der Waals surface area contributed by atoms with Crippen molar-refractivity contribution >= 4 is 5.91 Å². The first kappa shape index (κ1) is 16.7. The van der Waals surface area contributed by atoms with Crippen LogP contribution in [0.25, 0.3) is 5.69 Å². The standard InChI is InChI=1S/C19H26N4O/c1-15-18(9-10-19(24)22-13-11-21(3)12-14-22)16(2)23(20-15)17-7-5-4-6-8-17/h4-8H,9-14H2,1-3H3. The van der Waals surface area contributed by atoms with E-state index in [2.05, 4.69) is 36.1 Å². The van der Waals surface area contributed by atoms with Crippen LogP contribution in [0.15, 0.2) is 30.3 Å². The molecule has 0 bridgehead atoms. The molecule has 2 heterocycles. The second kappa shape index (κ2) is 7.18. The Morgan fingerprint density at radius 1 is 1.08 bits per heavy atom. The van der Waals surface area contributed by atoms with E-state index in [4.69, 9.17) is 0 Å². The first-order valence-corrected chi connectivity index (χ1v) is 8.63. The quantitative estimate of drug-likeness (QED) is 0.865. The molecule has 1 aromatic carbocycles. The van der Waals surface area contributed by atoms with E-state index in [9.17, 15) is 4.79 Å². The second-order valence-corrected chi connectivity index (χ2v) is 6.58. The normalized spacial score (nSPS) is 15.7. The molecule has 1 amide bonds. The Morgan fingerprint density at radius 3 is 2.42 bits per heavy atom. The first-order chi connectivity index (χ1) is 11.6. The van der Waals surface area contributed by atoms with Gasteiger partial charge in [0.2, 0.25) is 5.91 Å². The number of para-hydroxylation sites is 1. The molecule has 3 rings (SSSR count). The Bertz CT molecular complexity index is 700. The van der Waals surface area contributed by atoms with Gasteiger partial charge in [-0.15, -0.1) is 0 Å². The molecule has 0 unspecified atom stereocenters. The van der Waals surface area contributed by atoms with Crippen molar-refractivity contribution in [3.05, 3.63) is 47.3 Å². The highest BCUT2D eigenvalue weighted by atomic mass is 16.2. The Labute approximate surface area is 143 Å². The van der Waals surface area contributed by atoms with Crippen LogP contribution in [0.3, 0.4) is 0 Å². The van der Waals surface area contributed by atoms with E-state index in [0.717, 1.165) is 49.7 Å². The van der Waals surface area contributed by atoms with Crippen LogP contribution < -0.4 is 0 Å². The van der Waals surface area contributed by atoms with Crippen LogP contribution in [0.4, 0.5) is 0 Å². The topological polar surface area (TPSA) is 41.4 Å². The summed E-state index contributed by atoms with van der Waals surface area (Å²) in [7, 11) is 2.10. The molecular formula is C19H26N4O. The molecule has 1 aliphatic rings. The third kappa shape index (κ3) is 3.51. The highest BCUT2D eigenvalue weighted by molar-refractivity contribution is 5.76. The summed E-state index contributed by atoms with van der Waals surface area (Å²) in [4.78, 5) is 16.7. The lowest BCUT2D eigenvalue weighted by atomic mass is 10.1. The third-order valence-electron chi connectivity index (χ3n) is 4.89. The van der Waals surface area contributed by atoms with Gasteiger partial charge in [-0.3, -0.25) is 4.79 Å². The summed E-state index contributed by atoms with van der Waals surface area (Å²) in [6.45, 7) is 7.74. The van der Waals surface area contributed by atoms with E-state index in [0.29, 0.717) is 6.42 Å². The smallest absolute Gasteiger partial charge is 0.222 e. The predicted molar refractivity (Wildman–Crippen MR) is 95.4 cm³/mol. The third-order valence-corrected chi connectivity index (χ3v) is 4.89. The van der Waals surface area contributed by atoms with Gasteiger partial charge in [0.25, 0.3) is 0 Å². The van der Waals surface area contributed by atoms with Crippen LogP contribution in [0.2, 0.25) is 0 Å². The number of benzene rings is 1. The number of carbonyl (C=O) groups excluding carboxylic acids is 1. The number of nitrogens with zero attached hydrogens (tertiary/aromatic N) is 4. The predicted octanol–water partition coefficient (Wildman–Crippen LogP) is 2.20. The fourth-order valence-electron chi connectivity index (χ4n) is 3.30. The van der Waals surface area contributed by atoms with Gasteiger partial charge in [-0.1, -0.05) is 18.2 Å². The molecule has 1 aliphatic heterocycles. The van der Waals surface area contributed by atoms with E-state index in [1.165, 1.54) is 5.56 Å². The highest BCUT2D eigenvalue weighted by Gasteiger charge is 2.20. The van der Waals surface area contributed by atoms with Crippen molar-refractivity contribution in [3.8, 4) is 5.69 Å². The van der Waals surface area contributed by atoms with Crippen molar-refractivity contribution < 1.29 is 4.79 Å². The first-order valence-electron chi connectivity index (χ1n) is 8.63. The summed E-state index contributed by atoms with van der Waals surface area (Å²) >= 11 is 0. The van der Waals surface area contributed by atoms with Crippen LogP contribution in [0.1, 0.15) is 23.4 Å². The largest absolute Gasteiger partial charge is 0.340 e. The summed E-state index contributed by atoms with van der Waals surface area (Å²) in [6, 6.07) is 10.1. The van der Waals surface area contributed by atoms with E-state index in [1.54, 1.807) is 0 Å². The summed E-state index contributed by atoms with van der Waals surface area (Å²) in [5.41, 5.74) is 4.41. The van der Waals surface area contributed by atoms with Crippen molar-refractivity contribution in [1.29, 1.82) is 0 Å². The van der Waals surface area contributed by atoms with Crippen LogP contribution >= 0.6 is 0 Å². The lowest BCUT2D eigenvalue weighted by Gasteiger charge is -2.32. The van der Waals surface area contributed by atoms with Gasteiger partial charge < -0.3 is 9.80 Å². The molecule has 0 N–H and O–H groups in total. The van der Waals surface area contributed by atoms with Gasteiger partial charge in [0.1, 0.15) is 0 Å². The summed E-state index contributed by atoms with van der Waals surface area (Å²) in [5, 5.41) is 4.67. The summed E-state index contributed by atoms with van der Waals surface area (Å²) in [5.74, 6) is 0.259. The van der Waals surface area contributed by atoms with Crippen molar-refractivity contribution in [2.75, 3.05) is 33.2 Å². The Kier molecular flexibility index (Phi) is 5.00. The number of aryl methyl sites for hydroxylation is 1. The molecular weight excluding hydrogens is 300 g/mol. The van der Waals surface area contributed by atoms with Crippen molar-refractivity contribution in [2.24, 2.45) is 0 Å². The maximum atomic E-state index is 12.5. The molecule has 5 heteroatoms. The minimum Gasteiger partial charge on any atom is -0.340 e. The molecule has 0 spiro atoms. The number of hydrogen-bond donors (Lipinski definition) is 0. The van der Waals surface area contributed by atoms with Gasteiger partial charge in [-0.2, -0.15) is 5.10 Å². The van der Waals surface area contributed by atoms with E-state index in [1.807, 2.05) is 34.7 Å². The lowest BCUT2D eigenvalue weighted by Crippen LogP contribution is -2.47. The fraction of sp³-hybridized carbons (Fsp3) is 0.474. The van der Waals surface area contributed by atoms with Crippen molar-refractivity contribution in [1.82, 2.24) is 19.6 Å². The average molecular weight is 326 g/mol. The summed E-state index contributed by atoms with van der Waals surface area (Å²) < 4.78 is 1.98. The van der Waals surface area contributed by atoms with Gasteiger partial charge in [0.05, 0.1) is 11.4 Å². The van der Waals surface area contributed by atoms with Crippen LogP contribution in [0.5, 0.6) is 0 Å². The molecule has 24 heavy (non-hydrogen) atoms. The number of rotatable bonds is 4. The van der Waals surface area contributed by atoms with Gasteiger partial charge in [-0.05, 0) is 45.0 Å². The van der Waals surface area contributed by atoms with Gasteiger partial charge in [0.15, 0.2) is 0 Å². The minimum absolute atomic E-state index is 0.259. The van der Waals surface area contributed by atoms with Crippen molar-refractivity contribution in [2.45, 2.75) is 26.7 Å². The number of amides is 1. The number of likely N-dealkylation sites (N-methyl/N-ethyl adjacent to an activating group) is 1. The number of piperazine rings is 1. The van der Waals surface area contributed by atoms with E-state index in [-0.39, 0.29) is 5.91 Å². The molecule has 2 aromatic rings. The van der Waals surface area contributed by atoms with E-state index < -0.39 is 0 Å². The van der Waals surface area contributed by atoms with Gasteiger partial charge >= 0.3 is 0 Å². The molecule has 1 fully saturated rings. The molecule has 1 saturated heterocycles. The van der Waals surface area contributed by atoms with Gasteiger partial charge in [-0.25, -0.2) is 4.68 Å². The molecule has 1 aromatic heterocycles. The monoisotopic (exact) mass is 326 g/mol. The zero-order chi connectivity index (χ0) is 17.1. The number of aromatic nitrogens is 2. The molecule has 128 valence electrons. The molecule has 0 aliphatic carbocycles. The van der Waals surface area contributed by atoms with Crippen molar-refractivity contribution in [3.63, 3.8) is 0 Å². The summed E-state index contributed by atoms with van der Waals surface area (Å²) in [6.07, 6.45) is 1.32. The Balaban J connectivity index is 1.68. The molecule has 0 saturated carbocycles.